The molecule has 0 atom stereocenters. The standard InChI is InChI=1S/C21H23N3O3S/c1-25-18-9-5-8-17(14-18)22-20(28)26-24-12-10-21(11-13-24)15-19(23-27-21)16-6-3-2-4-7-16/h2-9,14H,10-13,15H2,1H3,(H,22,28). The molecule has 28 heavy (non-hydrogen) atoms. The van der Waals surface area contributed by atoms with Crippen molar-refractivity contribution in [1.82, 2.24) is 5.06 Å². The number of rotatable bonds is 4. The molecular formula is C21H23N3O3S. The van der Waals surface area contributed by atoms with Crippen molar-refractivity contribution >= 4 is 28.8 Å². The number of piperidine rings is 1. The van der Waals surface area contributed by atoms with Gasteiger partial charge in [-0.15, -0.1) is 5.06 Å². The predicted molar refractivity (Wildman–Crippen MR) is 113 cm³/mol. The van der Waals surface area contributed by atoms with Gasteiger partial charge in [-0.3, -0.25) is 0 Å². The molecule has 2 aliphatic rings. The molecule has 7 heteroatoms. The molecule has 0 bridgehead atoms. The van der Waals surface area contributed by atoms with Crippen LogP contribution in [-0.2, 0) is 9.68 Å². The second-order valence-electron chi connectivity index (χ2n) is 7.02. The first-order valence-electron chi connectivity index (χ1n) is 9.34. The van der Waals surface area contributed by atoms with Crippen molar-refractivity contribution in [2.45, 2.75) is 24.9 Å². The third-order valence-corrected chi connectivity index (χ3v) is 5.28. The number of nitrogens with one attached hydrogen (secondary N) is 1. The molecule has 0 saturated carbocycles. The zero-order chi connectivity index (χ0) is 19.4. The Morgan fingerprint density at radius 1 is 1.14 bits per heavy atom. The van der Waals surface area contributed by atoms with Gasteiger partial charge in [-0.2, -0.15) is 0 Å². The third kappa shape index (κ3) is 4.26. The molecule has 0 aliphatic carbocycles. The summed E-state index contributed by atoms with van der Waals surface area (Å²) in [6.07, 6.45) is 2.51. The molecule has 0 amide bonds. The van der Waals surface area contributed by atoms with Gasteiger partial charge in [0.1, 0.15) is 11.4 Å². The van der Waals surface area contributed by atoms with E-state index in [9.17, 15) is 0 Å². The van der Waals surface area contributed by atoms with Crippen molar-refractivity contribution in [3.05, 3.63) is 60.2 Å². The highest BCUT2D eigenvalue weighted by Crippen LogP contribution is 2.36. The summed E-state index contributed by atoms with van der Waals surface area (Å²) in [4.78, 5) is 11.7. The number of nitrogens with zero attached hydrogens (tertiary/aromatic N) is 2. The lowest BCUT2D eigenvalue weighted by Crippen LogP contribution is -2.45. The number of hydrogen-bond acceptors (Lipinski definition) is 6. The summed E-state index contributed by atoms with van der Waals surface area (Å²) in [7, 11) is 1.63. The lowest BCUT2D eigenvalue weighted by atomic mass is 9.86. The molecule has 6 nitrogen and oxygen atoms in total. The van der Waals surface area contributed by atoms with Crippen LogP contribution < -0.4 is 10.1 Å². The van der Waals surface area contributed by atoms with Gasteiger partial charge in [0.2, 0.25) is 0 Å². The number of benzene rings is 2. The fraction of sp³-hybridized carbons (Fsp3) is 0.333. The molecule has 2 aromatic carbocycles. The van der Waals surface area contributed by atoms with E-state index in [-0.39, 0.29) is 5.60 Å². The summed E-state index contributed by atoms with van der Waals surface area (Å²) in [6.45, 7) is 1.47. The molecule has 1 fully saturated rings. The Labute approximate surface area is 170 Å². The maximum Gasteiger partial charge on any atom is 0.283 e. The maximum atomic E-state index is 5.87. The van der Waals surface area contributed by atoms with E-state index >= 15 is 0 Å². The molecule has 4 rings (SSSR count). The van der Waals surface area contributed by atoms with Gasteiger partial charge in [0, 0.05) is 44.1 Å². The number of thiocarbonyl (C=S) groups is 1. The van der Waals surface area contributed by atoms with Crippen LogP contribution in [0.3, 0.4) is 0 Å². The minimum absolute atomic E-state index is 0.229. The average Bonchev–Trinajstić information content (AvgIpc) is 3.14. The van der Waals surface area contributed by atoms with Crippen LogP contribution in [0, 0.1) is 0 Å². The van der Waals surface area contributed by atoms with E-state index in [4.69, 9.17) is 26.6 Å². The first-order valence-corrected chi connectivity index (χ1v) is 9.75. The molecule has 2 heterocycles. The Morgan fingerprint density at radius 3 is 2.68 bits per heavy atom. The fourth-order valence-corrected chi connectivity index (χ4v) is 3.74. The van der Waals surface area contributed by atoms with Gasteiger partial charge in [-0.05, 0) is 29.9 Å². The van der Waals surface area contributed by atoms with Gasteiger partial charge in [-0.25, -0.2) is 0 Å². The van der Waals surface area contributed by atoms with Gasteiger partial charge in [-0.1, -0.05) is 41.6 Å². The van der Waals surface area contributed by atoms with Crippen molar-refractivity contribution in [1.29, 1.82) is 0 Å². The lowest BCUT2D eigenvalue weighted by Gasteiger charge is -2.36. The zero-order valence-electron chi connectivity index (χ0n) is 15.8. The van der Waals surface area contributed by atoms with Crippen LogP contribution in [0.25, 0.3) is 0 Å². The summed E-state index contributed by atoms with van der Waals surface area (Å²) in [5.41, 5.74) is 2.75. The maximum absolute atomic E-state index is 5.87. The summed E-state index contributed by atoms with van der Waals surface area (Å²) in [5.74, 6) is 0.764. The van der Waals surface area contributed by atoms with Crippen molar-refractivity contribution in [2.75, 3.05) is 25.5 Å². The summed E-state index contributed by atoms with van der Waals surface area (Å²) in [5, 5.41) is 9.63. The van der Waals surface area contributed by atoms with Crippen molar-refractivity contribution < 1.29 is 14.4 Å². The van der Waals surface area contributed by atoms with Crippen molar-refractivity contribution in [2.24, 2.45) is 5.16 Å². The summed E-state index contributed by atoms with van der Waals surface area (Å²) in [6, 6.07) is 17.8. The van der Waals surface area contributed by atoms with E-state index in [0.717, 1.165) is 55.1 Å². The fourth-order valence-electron chi connectivity index (χ4n) is 3.52. The van der Waals surface area contributed by atoms with Gasteiger partial charge in [0.15, 0.2) is 0 Å². The van der Waals surface area contributed by atoms with Crippen LogP contribution >= 0.6 is 12.2 Å². The normalized spacial score (nSPS) is 18.2. The van der Waals surface area contributed by atoms with Crippen molar-refractivity contribution in [3.8, 4) is 5.75 Å². The molecule has 1 spiro atoms. The molecule has 2 aliphatic heterocycles. The highest BCUT2D eigenvalue weighted by molar-refractivity contribution is 7.80. The second-order valence-corrected chi connectivity index (χ2v) is 7.39. The van der Waals surface area contributed by atoms with Crippen LogP contribution in [0.15, 0.2) is 59.8 Å². The highest BCUT2D eigenvalue weighted by atomic mass is 32.1. The Kier molecular flexibility index (Phi) is 5.45. The van der Waals surface area contributed by atoms with E-state index in [1.54, 1.807) is 7.11 Å². The van der Waals surface area contributed by atoms with Crippen LogP contribution in [0.1, 0.15) is 24.8 Å². The van der Waals surface area contributed by atoms with Crippen LogP contribution in [0.4, 0.5) is 5.69 Å². The Balaban J connectivity index is 1.27. The SMILES string of the molecule is COc1cccc(NC(=S)ON2CCC3(CC2)CC(c2ccccc2)=NO3)c1. The van der Waals surface area contributed by atoms with Gasteiger partial charge in [0.25, 0.3) is 5.17 Å². The minimum atomic E-state index is -0.229. The molecular weight excluding hydrogens is 374 g/mol. The van der Waals surface area contributed by atoms with E-state index in [2.05, 4.69) is 22.6 Å². The molecule has 0 unspecified atom stereocenters. The van der Waals surface area contributed by atoms with Crippen LogP contribution in [0.5, 0.6) is 5.75 Å². The van der Waals surface area contributed by atoms with Crippen molar-refractivity contribution in [3.63, 3.8) is 0 Å². The monoisotopic (exact) mass is 397 g/mol. The minimum Gasteiger partial charge on any atom is -0.497 e. The lowest BCUT2D eigenvalue weighted by molar-refractivity contribution is -0.143. The van der Waals surface area contributed by atoms with E-state index in [0.29, 0.717) is 5.17 Å². The van der Waals surface area contributed by atoms with Gasteiger partial charge >= 0.3 is 0 Å². The Morgan fingerprint density at radius 2 is 1.93 bits per heavy atom. The first-order chi connectivity index (χ1) is 13.7. The Hall–Kier alpha value is -2.64. The summed E-state index contributed by atoms with van der Waals surface area (Å²) >= 11 is 5.34. The molecule has 0 radical (unpaired) electrons. The number of oxime groups is 1. The summed E-state index contributed by atoms with van der Waals surface area (Å²) < 4.78 is 5.22. The topological polar surface area (TPSA) is 55.3 Å². The number of ether oxygens (including phenoxy) is 1. The first kappa shape index (κ1) is 18.7. The third-order valence-electron chi connectivity index (χ3n) is 5.11. The average molecular weight is 398 g/mol. The quantitative estimate of drug-likeness (QED) is 0.788. The zero-order valence-corrected chi connectivity index (χ0v) is 16.6. The second kappa shape index (κ2) is 8.16. The van der Waals surface area contributed by atoms with E-state index in [1.807, 2.05) is 47.5 Å². The van der Waals surface area contributed by atoms with Crippen LogP contribution in [-0.4, -0.2) is 41.7 Å². The van der Waals surface area contributed by atoms with Gasteiger partial charge < -0.3 is 19.7 Å². The highest BCUT2D eigenvalue weighted by Gasteiger charge is 2.43. The Bertz CT molecular complexity index is 864. The number of methoxy groups -OCH3 is 1. The largest absolute Gasteiger partial charge is 0.497 e. The molecule has 146 valence electrons. The van der Waals surface area contributed by atoms with E-state index in [1.165, 1.54) is 0 Å². The van der Waals surface area contributed by atoms with Gasteiger partial charge in [0.05, 0.1) is 12.8 Å². The molecule has 0 aromatic heterocycles. The molecule has 1 saturated heterocycles. The number of hydroxylamine groups is 2. The number of anilines is 1. The predicted octanol–water partition coefficient (Wildman–Crippen LogP) is 3.98. The number of hydrogen-bond donors (Lipinski definition) is 1. The molecule has 1 N–H and O–H groups in total. The van der Waals surface area contributed by atoms with Crippen LogP contribution in [0.2, 0.25) is 0 Å². The van der Waals surface area contributed by atoms with E-state index < -0.39 is 0 Å². The smallest absolute Gasteiger partial charge is 0.283 e. The molecule has 2 aromatic rings.